The van der Waals surface area contributed by atoms with Gasteiger partial charge in [0, 0.05) is 31.9 Å². The number of nitrogens with zero attached hydrogens (tertiary/aromatic N) is 4. The summed E-state index contributed by atoms with van der Waals surface area (Å²) in [6.07, 6.45) is 6.51. The Morgan fingerprint density at radius 3 is 2.77 bits per heavy atom. The second kappa shape index (κ2) is 8.07. The zero-order valence-corrected chi connectivity index (χ0v) is 15.6. The Kier molecular flexibility index (Phi) is 5.80. The van der Waals surface area contributed by atoms with E-state index in [0.717, 1.165) is 44.3 Å². The molecule has 1 unspecified atom stereocenters. The highest BCUT2D eigenvalue weighted by molar-refractivity contribution is 5.75. The van der Waals surface area contributed by atoms with Crippen molar-refractivity contribution in [2.75, 3.05) is 19.6 Å². The Labute approximate surface area is 154 Å². The van der Waals surface area contributed by atoms with E-state index < -0.39 is 5.97 Å². The van der Waals surface area contributed by atoms with Crippen LogP contribution in [0.25, 0.3) is 0 Å². The van der Waals surface area contributed by atoms with E-state index in [-0.39, 0.29) is 30.7 Å². The zero-order chi connectivity index (χ0) is 18.7. The van der Waals surface area contributed by atoms with Crippen LogP contribution < -0.4 is 5.32 Å². The molecule has 0 radical (unpaired) electrons. The number of urea groups is 1. The topological polar surface area (TPSA) is 90.7 Å². The summed E-state index contributed by atoms with van der Waals surface area (Å²) in [6.45, 7) is 3.52. The predicted molar refractivity (Wildman–Crippen MR) is 96.7 cm³/mol. The molecule has 8 nitrogen and oxygen atoms in total. The summed E-state index contributed by atoms with van der Waals surface area (Å²) in [4.78, 5) is 27.6. The molecule has 1 aromatic rings. The fourth-order valence-electron chi connectivity index (χ4n) is 4.13. The first-order chi connectivity index (χ1) is 12.5. The Morgan fingerprint density at radius 2 is 2.15 bits per heavy atom. The van der Waals surface area contributed by atoms with Gasteiger partial charge < -0.3 is 15.3 Å². The third-order valence-corrected chi connectivity index (χ3v) is 5.67. The van der Waals surface area contributed by atoms with E-state index in [1.165, 1.54) is 0 Å². The molecule has 1 saturated heterocycles. The Balaban J connectivity index is 1.55. The molecule has 1 aliphatic heterocycles. The number of aromatic nitrogens is 2. The van der Waals surface area contributed by atoms with Gasteiger partial charge in [0.25, 0.3) is 0 Å². The van der Waals surface area contributed by atoms with E-state index in [4.69, 9.17) is 5.11 Å². The lowest BCUT2D eigenvalue weighted by Crippen LogP contribution is -2.57. The van der Waals surface area contributed by atoms with Crippen molar-refractivity contribution in [2.45, 2.75) is 57.2 Å². The summed E-state index contributed by atoms with van der Waals surface area (Å²) < 4.78 is 1.85. The lowest BCUT2D eigenvalue weighted by Gasteiger charge is -2.44. The van der Waals surface area contributed by atoms with Crippen LogP contribution in [0.15, 0.2) is 12.3 Å². The highest BCUT2D eigenvalue weighted by atomic mass is 16.4. The van der Waals surface area contributed by atoms with E-state index in [1.54, 1.807) is 6.20 Å². The van der Waals surface area contributed by atoms with Gasteiger partial charge in [0.1, 0.15) is 0 Å². The van der Waals surface area contributed by atoms with Crippen molar-refractivity contribution < 1.29 is 14.7 Å². The van der Waals surface area contributed by atoms with Gasteiger partial charge in [-0.15, -0.1) is 0 Å². The number of likely N-dealkylation sites (tertiary alicyclic amines) is 1. The number of amides is 2. The number of hydrogen-bond acceptors (Lipinski definition) is 4. The molecule has 0 aromatic carbocycles. The molecule has 26 heavy (non-hydrogen) atoms. The standard InChI is InChI=1S/C18H29N5O3/c1-3-22(12-17(24)25)14-10-13(11-14)20-18(26)23-9-5-4-6-16(23)15-7-8-19-21(15)2/h7-8,13-14,16H,3-6,9-12H2,1-2H3,(H,20,26)(H,24,25). The van der Waals surface area contributed by atoms with Crippen LogP contribution in [0.5, 0.6) is 0 Å². The SMILES string of the molecule is CCN(CC(=O)O)C1CC(NC(=O)N2CCCCC2c2ccnn2C)C1. The van der Waals surface area contributed by atoms with Crippen molar-refractivity contribution in [3.05, 3.63) is 18.0 Å². The van der Waals surface area contributed by atoms with Gasteiger partial charge in [-0.2, -0.15) is 5.10 Å². The Morgan fingerprint density at radius 1 is 1.38 bits per heavy atom. The summed E-state index contributed by atoms with van der Waals surface area (Å²) in [7, 11) is 1.92. The molecule has 2 N–H and O–H groups in total. The first-order valence-corrected chi connectivity index (χ1v) is 9.50. The fraction of sp³-hybridized carbons (Fsp3) is 0.722. The third kappa shape index (κ3) is 4.00. The van der Waals surface area contributed by atoms with Crippen LogP contribution >= 0.6 is 0 Å². The molecule has 144 valence electrons. The van der Waals surface area contributed by atoms with Crippen molar-refractivity contribution >= 4 is 12.0 Å². The minimum atomic E-state index is -0.799. The quantitative estimate of drug-likeness (QED) is 0.801. The lowest BCUT2D eigenvalue weighted by atomic mass is 9.85. The van der Waals surface area contributed by atoms with Crippen LogP contribution in [0.2, 0.25) is 0 Å². The second-order valence-electron chi connectivity index (χ2n) is 7.31. The average molecular weight is 363 g/mol. The summed E-state index contributed by atoms with van der Waals surface area (Å²) in [5.41, 5.74) is 1.07. The normalized spacial score (nSPS) is 25.8. The summed E-state index contributed by atoms with van der Waals surface area (Å²) in [5.74, 6) is -0.799. The van der Waals surface area contributed by atoms with Gasteiger partial charge in [0.15, 0.2) is 0 Å². The molecule has 2 amide bonds. The molecule has 8 heteroatoms. The summed E-state index contributed by atoms with van der Waals surface area (Å²) in [6, 6.07) is 2.42. The summed E-state index contributed by atoms with van der Waals surface area (Å²) in [5, 5.41) is 16.4. The highest BCUT2D eigenvalue weighted by Gasteiger charge is 2.37. The maximum absolute atomic E-state index is 12.8. The molecular formula is C18H29N5O3. The van der Waals surface area contributed by atoms with Gasteiger partial charge in [-0.3, -0.25) is 14.4 Å². The number of likely N-dealkylation sites (N-methyl/N-ethyl adjacent to an activating group) is 1. The molecule has 0 bridgehead atoms. The van der Waals surface area contributed by atoms with Gasteiger partial charge in [-0.1, -0.05) is 6.92 Å². The Bertz CT molecular complexity index is 641. The monoisotopic (exact) mass is 363 g/mol. The van der Waals surface area contributed by atoms with Crippen molar-refractivity contribution in [3.63, 3.8) is 0 Å². The van der Waals surface area contributed by atoms with Crippen LogP contribution in [0, 0.1) is 0 Å². The number of aliphatic carboxylic acids is 1. The minimum absolute atomic E-state index is 0.0133. The van der Waals surface area contributed by atoms with E-state index in [0.29, 0.717) is 6.54 Å². The number of hydrogen-bond donors (Lipinski definition) is 2. The molecular weight excluding hydrogens is 334 g/mol. The first-order valence-electron chi connectivity index (χ1n) is 9.50. The highest BCUT2D eigenvalue weighted by Crippen LogP contribution is 2.31. The van der Waals surface area contributed by atoms with E-state index in [2.05, 4.69) is 10.4 Å². The zero-order valence-electron chi connectivity index (χ0n) is 15.6. The van der Waals surface area contributed by atoms with Crippen LogP contribution in [-0.4, -0.2) is 68.4 Å². The van der Waals surface area contributed by atoms with Crippen LogP contribution in [0.3, 0.4) is 0 Å². The minimum Gasteiger partial charge on any atom is -0.480 e. The largest absolute Gasteiger partial charge is 0.480 e. The molecule has 2 aliphatic rings. The number of carbonyl (C=O) groups is 2. The van der Waals surface area contributed by atoms with Gasteiger partial charge in [-0.25, -0.2) is 4.79 Å². The van der Waals surface area contributed by atoms with E-state index in [9.17, 15) is 9.59 Å². The molecule has 2 heterocycles. The van der Waals surface area contributed by atoms with Crippen molar-refractivity contribution in [1.82, 2.24) is 24.9 Å². The molecule has 1 atom stereocenters. The maximum Gasteiger partial charge on any atom is 0.318 e. The smallest absolute Gasteiger partial charge is 0.318 e. The first kappa shape index (κ1) is 18.7. The number of aryl methyl sites for hydroxylation is 1. The lowest BCUT2D eigenvalue weighted by molar-refractivity contribution is -0.139. The average Bonchev–Trinajstić information content (AvgIpc) is 3.01. The fourth-order valence-corrected chi connectivity index (χ4v) is 4.13. The number of carbonyl (C=O) groups excluding carboxylic acids is 1. The van der Waals surface area contributed by atoms with Gasteiger partial charge in [0.05, 0.1) is 18.3 Å². The van der Waals surface area contributed by atoms with Gasteiger partial charge >= 0.3 is 12.0 Å². The third-order valence-electron chi connectivity index (χ3n) is 5.67. The van der Waals surface area contributed by atoms with Crippen LogP contribution in [-0.2, 0) is 11.8 Å². The van der Waals surface area contributed by atoms with Crippen molar-refractivity contribution in [3.8, 4) is 0 Å². The van der Waals surface area contributed by atoms with Crippen molar-refractivity contribution in [1.29, 1.82) is 0 Å². The van der Waals surface area contributed by atoms with Crippen molar-refractivity contribution in [2.24, 2.45) is 7.05 Å². The van der Waals surface area contributed by atoms with E-state index >= 15 is 0 Å². The summed E-state index contributed by atoms with van der Waals surface area (Å²) >= 11 is 0. The van der Waals surface area contributed by atoms with Crippen LogP contribution in [0.1, 0.15) is 50.8 Å². The molecule has 2 fully saturated rings. The van der Waals surface area contributed by atoms with E-state index in [1.807, 2.05) is 34.5 Å². The van der Waals surface area contributed by atoms with Crippen LogP contribution in [0.4, 0.5) is 4.79 Å². The molecule has 0 spiro atoms. The molecule has 1 aliphatic carbocycles. The molecule has 3 rings (SSSR count). The second-order valence-corrected chi connectivity index (χ2v) is 7.31. The van der Waals surface area contributed by atoms with Gasteiger partial charge in [-0.05, 0) is 44.7 Å². The predicted octanol–water partition coefficient (Wildman–Crippen LogP) is 1.59. The maximum atomic E-state index is 12.8. The number of rotatable bonds is 6. The number of carboxylic acid groups (broad SMARTS) is 1. The Hall–Kier alpha value is -2.09. The number of piperidine rings is 1. The number of carboxylic acids is 1. The molecule has 1 saturated carbocycles. The molecule has 1 aromatic heterocycles. The number of nitrogens with one attached hydrogen (secondary N) is 1. The van der Waals surface area contributed by atoms with Gasteiger partial charge in [0.2, 0.25) is 0 Å².